The summed E-state index contributed by atoms with van der Waals surface area (Å²) in [4.78, 5) is 15.4. The highest BCUT2D eigenvalue weighted by atomic mass is 32.1. The van der Waals surface area contributed by atoms with Gasteiger partial charge in [-0.15, -0.1) is 11.3 Å². The van der Waals surface area contributed by atoms with Crippen LogP contribution in [0.3, 0.4) is 0 Å². The Morgan fingerprint density at radius 2 is 1.76 bits per heavy atom. The summed E-state index contributed by atoms with van der Waals surface area (Å²) >= 11 is 1.44. The highest BCUT2D eigenvalue weighted by Gasteiger charge is 2.13. The Morgan fingerprint density at radius 1 is 1.03 bits per heavy atom. The van der Waals surface area contributed by atoms with Crippen molar-refractivity contribution in [2.24, 2.45) is 0 Å². The van der Waals surface area contributed by atoms with E-state index in [2.05, 4.69) is 10.2 Å². The summed E-state index contributed by atoms with van der Waals surface area (Å²) in [6, 6.07) is 16.4. The Balaban J connectivity index is 1.37. The Morgan fingerprint density at radius 3 is 2.52 bits per heavy atom. The zero-order chi connectivity index (χ0) is 20.1. The van der Waals surface area contributed by atoms with Crippen LogP contribution in [0.4, 0.5) is 4.39 Å². The number of morpholine rings is 1. The first-order chi connectivity index (χ1) is 14.2. The van der Waals surface area contributed by atoms with Crippen LogP contribution in [-0.4, -0.2) is 50.2 Å². The minimum atomic E-state index is -0.230. The van der Waals surface area contributed by atoms with Crippen molar-refractivity contribution < 1.29 is 13.9 Å². The zero-order valence-electron chi connectivity index (χ0n) is 16.1. The lowest BCUT2D eigenvalue weighted by molar-refractivity contribution is 0.0383. The third-order valence-electron chi connectivity index (χ3n) is 5.04. The molecule has 1 saturated heterocycles. The molecule has 0 atom stereocenters. The van der Waals surface area contributed by atoms with Crippen molar-refractivity contribution in [3.8, 4) is 22.3 Å². The molecule has 0 radical (unpaired) electrons. The van der Waals surface area contributed by atoms with E-state index in [-0.39, 0.29) is 11.7 Å². The van der Waals surface area contributed by atoms with Crippen LogP contribution in [0.1, 0.15) is 9.67 Å². The minimum absolute atomic E-state index is 0.0440. The number of thiophene rings is 1. The molecule has 4 rings (SSSR count). The topological polar surface area (TPSA) is 41.6 Å². The normalized spacial score (nSPS) is 14.7. The van der Waals surface area contributed by atoms with E-state index >= 15 is 0 Å². The summed E-state index contributed by atoms with van der Waals surface area (Å²) in [6.07, 6.45) is 0. The number of hydrogen-bond acceptors (Lipinski definition) is 4. The van der Waals surface area contributed by atoms with Gasteiger partial charge in [-0.3, -0.25) is 9.69 Å². The summed E-state index contributed by atoms with van der Waals surface area (Å²) in [7, 11) is 0. The average molecular weight is 411 g/mol. The number of carbonyl (C=O) groups excluding carboxylic acids is 1. The third kappa shape index (κ3) is 4.90. The fourth-order valence-corrected chi connectivity index (χ4v) is 4.22. The predicted octanol–water partition coefficient (Wildman–Crippen LogP) is 4.28. The van der Waals surface area contributed by atoms with E-state index in [1.807, 2.05) is 41.8 Å². The van der Waals surface area contributed by atoms with Crippen LogP contribution >= 0.6 is 11.3 Å². The Kier molecular flexibility index (Phi) is 6.34. The SMILES string of the molecule is O=C(NCCN1CCOCC1)c1cc(-c2ccc(-c3ccccc3F)cc2)cs1. The van der Waals surface area contributed by atoms with Crippen molar-refractivity contribution in [1.82, 2.24) is 10.2 Å². The number of halogens is 1. The van der Waals surface area contributed by atoms with Crippen LogP contribution in [0.5, 0.6) is 0 Å². The van der Waals surface area contributed by atoms with Gasteiger partial charge < -0.3 is 10.1 Å². The molecule has 6 heteroatoms. The molecule has 0 spiro atoms. The number of hydrogen-bond donors (Lipinski definition) is 1. The fraction of sp³-hybridized carbons (Fsp3) is 0.261. The molecule has 0 aliphatic carbocycles. The van der Waals surface area contributed by atoms with E-state index in [1.165, 1.54) is 17.4 Å². The smallest absolute Gasteiger partial charge is 0.261 e. The second kappa shape index (κ2) is 9.31. The lowest BCUT2D eigenvalue weighted by atomic mass is 10.0. The highest BCUT2D eigenvalue weighted by molar-refractivity contribution is 7.12. The summed E-state index contributed by atoms with van der Waals surface area (Å²) in [5, 5.41) is 4.98. The number of ether oxygens (including phenoxy) is 1. The maximum Gasteiger partial charge on any atom is 0.261 e. The molecule has 0 bridgehead atoms. The minimum Gasteiger partial charge on any atom is -0.379 e. The summed E-state index contributed by atoms with van der Waals surface area (Å²) < 4.78 is 19.3. The second-order valence-electron chi connectivity index (χ2n) is 6.97. The third-order valence-corrected chi connectivity index (χ3v) is 5.97. The average Bonchev–Trinajstić information content (AvgIpc) is 3.25. The molecular weight excluding hydrogens is 387 g/mol. The number of nitrogens with zero attached hydrogens (tertiary/aromatic N) is 1. The van der Waals surface area contributed by atoms with Crippen LogP contribution in [0.25, 0.3) is 22.3 Å². The molecule has 2 aromatic carbocycles. The van der Waals surface area contributed by atoms with Gasteiger partial charge >= 0.3 is 0 Å². The molecule has 150 valence electrons. The van der Waals surface area contributed by atoms with E-state index in [0.717, 1.165) is 49.5 Å². The lowest BCUT2D eigenvalue weighted by Gasteiger charge is -2.26. The van der Waals surface area contributed by atoms with Crippen LogP contribution in [0, 0.1) is 5.82 Å². The first kappa shape index (κ1) is 19.8. The summed E-state index contributed by atoms with van der Waals surface area (Å²) in [5.74, 6) is -0.274. The van der Waals surface area contributed by atoms with Crippen LogP contribution < -0.4 is 5.32 Å². The fourth-order valence-electron chi connectivity index (χ4n) is 3.38. The number of nitrogens with one attached hydrogen (secondary N) is 1. The van der Waals surface area contributed by atoms with Gasteiger partial charge in [-0.25, -0.2) is 4.39 Å². The van der Waals surface area contributed by atoms with Gasteiger partial charge in [-0.05, 0) is 34.2 Å². The number of carbonyl (C=O) groups is 1. The first-order valence-electron chi connectivity index (χ1n) is 9.73. The molecule has 1 aromatic heterocycles. The van der Waals surface area contributed by atoms with Gasteiger partial charge in [0.05, 0.1) is 18.1 Å². The molecule has 1 amide bonds. The molecule has 1 aliphatic heterocycles. The highest BCUT2D eigenvalue weighted by Crippen LogP contribution is 2.29. The van der Waals surface area contributed by atoms with E-state index < -0.39 is 0 Å². The maximum absolute atomic E-state index is 14.0. The summed E-state index contributed by atoms with van der Waals surface area (Å²) in [5.41, 5.74) is 3.43. The molecule has 0 unspecified atom stereocenters. The van der Waals surface area contributed by atoms with E-state index in [1.54, 1.807) is 12.1 Å². The molecule has 3 aromatic rings. The maximum atomic E-state index is 14.0. The first-order valence-corrected chi connectivity index (χ1v) is 10.6. The Labute approximate surface area is 173 Å². The van der Waals surface area contributed by atoms with Crippen molar-refractivity contribution in [2.75, 3.05) is 39.4 Å². The van der Waals surface area contributed by atoms with Gasteiger partial charge in [0, 0.05) is 31.7 Å². The summed E-state index contributed by atoms with van der Waals surface area (Å²) in [6.45, 7) is 4.83. The molecule has 1 N–H and O–H groups in total. The Bertz CT molecular complexity index is 965. The van der Waals surface area contributed by atoms with Gasteiger partial charge in [0.2, 0.25) is 0 Å². The largest absolute Gasteiger partial charge is 0.379 e. The Hall–Kier alpha value is -2.54. The van der Waals surface area contributed by atoms with Gasteiger partial charge in [-0.1, -0.05) is 42.5 Å². The number of benzene rings is 2. The van der Waals surface area contributed by atoms with Crippen molar-refractivity contribution in [3.05, 3.63) is 70.7 Å². The molecular formula is C23H23FN2O2S. The molecule has 0 saturated carbocycles. The van der Waals surface area contributed by atoms with Crippen molar-refractivity contribution >= 4 is 17.2 Å². The molecule has 4 nitrogen and oxygen atoms in total. The number of rotatable bonds is 6. The zero-order valence-corrected chi connectivity index (χ0v) is 16.9. The lowest BCUT2D eigenvalue weighted by Crippen LogP contribution is -2.41. The molecule has 1 fully saturated rings. The molecule has 29 heavy (non-hydrogen) atoms. The molecule has 2 heterocycles. The van der Waals surface area contributed by atoms with Gasteiger partial charge in [-0.2, -0.15) is 0 Å². The quantitative estimate of drug-likeness (QED) is 0.659. The van der Waals surface area contributed by atoms with E-state index in [9.17, 15) is 9.18 Å². The van der Waals surface area contributed by atoms with Gasteiger partial charge in [0.1, 0.15) is 5.82 Å². The van der Waals surface area contributed by atoms with E-state index in [4.69, 9.17) is 4.74 Å². The van der Waals surface area contributed by atoms with Crippen molar-refractivity contribution in [3.63, 3.8) is 0 Å². The standard InChI is InChI=1S/C23H23FN2O2S/c24-21-4-2-1-3-20(21)18-7-5-17(6-8-18)19-15-22(29-16-19)23(27)25-9-10-26-11-13-28-14-12-26/h1-8,15-16H,9-14H2,(H,25,27). The van der Waals surface area contributed by atoms with E-state index in [0.29, 0.717) is 17.0 Å². The van der Waals surface area contributed by atoms with Crippen LogP contribution in [0.15, 0.2) is 60.0 Å². The van der Waals surface area contributed by atoms with Gasteiger partial charge in [0.25, 0.3) is 5.91 Å². The van der Waals surface area contributed by atoms with Crippen molar-refractivity contribution in [1.29, 1.82) is 0 Å². The van der Waals surface area contributed by atoms with Crippen LogP contribution in [0.2, 0.25) is 0 Å². The van der Waals surface area contributed by atoms with Crippen LogP contribution in [-0.2, 0) is 4.74 Å². The second-order valence-corrected chi connectivity index (χ2v) is 7.88. The monoisotopic (exact) mass is 410 g/mol. The molecule has 1 aliphatic rings. The van der Waals surface area contributed by atoms with Gasteiger partial charge in [0.15, 0.2) is 0 Å². The predicted molar refractivity (Wildman–Crippen MR) is 115 cm³/mol. The van der Waals surface area contributed by atoms with Crippen molar-refractivity contribution in [2.45, 2.75) is 0 Å². The number of amides is 1.